The van der Waals surface area contributed by atoms with Crippen molar-refractivity contribution in [3.05, 3.63) is 23.8 Å². The third-order valence-corrected chi connectivity index (χ3v) is 3.12. The molecular formula is C13H16N2O3S. The van der Waals surface area contributed by atoms with E-state index in [4.69, 9.17) is 27.4 Å². The monoisotopic (exact) mass is 280 g/mol. The molecule has 0 saturated carbocycles. The maximum atomic E-state index is 12.3. The van der Waals surface area contributed by atoms with Gasteiger partial charge in [0.1, 0.15) is 0 Å². The Hall–Kier alpha value is -1.82. The minimum atomic E-state index is -0.0583. The first-order valence-corrected chi connectivity index (χ1v) is 6.50. The molecule has 0 radical (unpaired) electrons. The van der Waals surface area contributed by atoms with Crippen LogP contribution in [0, 0.1) is 0 Å². The van der Waals surface area contributed by atoms with Gasteiger partial charge in [-0.15, -0.1) is 0 Å². The second kappa shape index (κ2) is 5.88. The van der Waals surface area contributed by atoms with Gasteiger partial charge in [0.25, 0.3) is 5.91 Å². The van der Waals surface area contributed by atoms with Gasteiger partial charge in [-0.25, -0.2) is 0 Å². The third kappa shape index (κ3) is 3.14. The van der Waals surface area contributed by atoms with Gasteiger partial charge in [0.05, 0.1) is 4.99 Å². The van der Waals surface area contributed by atoms with E-state index in [9.17, 15) is 4.79 Å². The standard InChI is InChI=1S/C13H16N2O3S/c1-2-15(6-5-12(14)19)13(16)9-3-4-10-11(7-9)18-8-17-10/h3-4,7H,2,5-6,8H2,1H3,(H2,14,19). The molecule has 19 heavy (non-hydrogen) atoms. The summed E-state index contributed by atoms with van der Waals surface area (Å²) in [6.07, 6.45) is 0.527. The van der Waals surface area contributed by atoms with E-state index < -0.39 is 0 Å². The van der Waals surface area contributed by atoms with Crippen LogP contribution in [-0.4, -0.2) is 35.7 Å². The zero-order valence-corrected chi connectivity index (χ0v) is 11.5. The summed E-state index contributed by atoms with van der Waals surface area (Å²) in [5.74, 6) is 1.22. The summed E-state index contributed by atoms with van der Waals surface area (Å²) in [5, 5.41) is 0. The number of hydrogen-bond donors (Lipinski definition) is 1. The summed E-state index contributed by atoms with van der Waals surface area (Å²) in [4.78, 5) is 14.5. The highest BCUT2D eigenvalue weighted by molar-refractivity contribution is 7.80. The van der Waals surface area contributed by atoms with Gasteiger partial charge in [-0.3, -0.25) is 4.79 Å². The average Bonchev–Trinajstić information content (AvgIpc) is 2.85. The smallest absolute Gasteiger partial charge is 0.253 e. The van der Waals surface area contributed by atoms with Crippen LogP contribution in [0.5, 0.6) is 11.5 Å². The predicted octanol–water partition coefficient (Wildman–Crippen LogP) is 1.55. The topological polar surface area (TPSA) is 64.8 Å². The molecule has 0 aromatic heterocycles. The second-order valence-corrected chi connectivity index (χ2v) is 4.69. The minimum Gasteiger partial charge on any atom is -0.454 e. The van der Waals surface area contributed by atoms with Crippen LogP contribution in [0.1, 0.15) is 23.7 Å². The van der Waals surface area contributed by atoms with E-state index in [1.54, 1.807) is 23.1 Å². The number of benzene rings is 1. The predicted molar refractivity (Wildman–Crippen MR) is 75.5 cm³/mol. The molecule has 1 aliphatic rings. The Morgan fingerprint density at radius 2 is 2.16 bits per heavy atom. The van der Waals surface area contributed by atoms with Crippen molar-refractivity contribution in [3.63, 3.8) is 0 Å². The lowest BCUT2D eigenvalue weighted by atomic mass is 10.1. The van der Waals surface area contributed by atoms with Crippen molar-refractivity contribution in [3.8, 4) is 11.5 Å². The van der Waals surface area contributed by atoms with Crippen LogP contribution in [0.15, 0.2) is 18.2 Å². The molecule has 0 unspecified atom stereocenters. The Balaban J connectivity index is 2.11. The molecule has 0 saturated heterocycles. The summed E-state index contributed by atoms with van der Waals surface area (Å²) in [7, 11) is 0. The van der Waals surface area contributed by atoms with Gasteiger partial charge < -0.3 is 20.1 Å². The molecule has 0 atom stereocenters. The number of rotatable bonds is 5. The number of ether oxygens (including phenoxy) is 2. The Morgan fingerprint density at radius 3 is 2.84 bits per heavy atom. The van der Waals surface area contributed by atoms with E-state index in [1.165, 1.54) is 0 Å². The number of thiocarbonyl (C=S) groups is 1. The molecule has 1 aromatic rings. The largest absolute Gasteiger partial charge is 0.454 e. The van der Waals surface area contributed by atoms with E-state index in [0.29, 0.717) is 41.6 Å². The molecule has 2 N–H and O–H groups in total. The lowest BCUT2D eigenvalue weighted by Gasteiger charge is -2.20. The number of amides is 1. The molecule has 0 fully saturated rings. The second-order valence-electron chi connectivity index (χ2n) is 4.17. The van der Waals surface area contributed by atoms with Crippen molar-refractivity contribution in [1.29, 1.82) is 0 Å². The van der Waals surface area contributed by atoms with Gasteiger partial charge in [0.15, 0.2) is 11.5 Å². The summed E-state index contributed by atoms with van der Waals surface area (Å²) < 4.78 is 10.5. The summed E-state index contributed by atoms with van der Waals surface area (Å²) in [5.41, 5.74) is 6.04. The molecule has 0 aliphatic carbocycles. The van der Waals surface area contributed by atoms with Crippen molar-refractivity contribution < 1.29 is 14.3 Å². The van der Waals surface area contributed by atoms with Crippen LogP contribution in [0.4, 0.5) is 0 Å². The fraction of sp³-hybridized carbons (Fsp3) is 0.385. The quantitative estimate of drug-likeness (QED) is 0.829. The van der Waals surface area contributed by atoms with Crippen LogP contribution >= 0.6 is 12.2 Å². The highest BCUT2D eigenvalue weighted by Crippen LogP contribution is 2.32. The van der Waals surface area contributed by atoms with Crippen LogP contribution < -0.4 is 15.2 Å². The summed E-state index contributed by atoms with van der Waals surface area (Å²) in [6.45, 7) is 3.26. The van der Waals surface area contributed by atoms with Gasteiger partial charge in [-0.1, -0.05) is 12.2 Å². The van der Waals surface area contributed by atoms with Gasteiger partial charge in [0, 0.05) is 25.1 Å². The zero-order chi connectivity index (χ0) is 13.8. The maximum absolute atomic E-state index is 12.3. The highest BCUT2D eigenvalue weighted by Gasteiger charge is 2.19. The number of fused-ring (bicyclic) bond motifs is 1. The van der Waals surface area contributed by atoms with Crippen LogP contribution in [0.3, 0.4) is 0 Å². The van der Waals surface area contributed by atoms with E-state index in [1.807, 2.05) is 6.92 Å². The van der Waals surface area contributed by atoms with Crippen LogP contribution in [-0.2, 0) is 0 Å². The van der Waals surface area contributed by atoms with E-state index in [2.05, 4.69) is 0 Å². The van der Waals surface area contributed by atoms with Crippen LogP contribution in [0.2, 0.25) is 0 Å². The fourth-order valence-corrected chi connectivity index (χ4v) is 1.95. The van der Waals surface area contributed by atoms with E-state index in [0.717, 1.165) is 0 Å². The van der Waals surface area contributed by atoms with E-state index >= 15 is 0 Å². The Bertz CT molecular complexity index is 505. The minimum absolute atomic E-state index is 0.0583. The fourth-order valence-electron chi connectivity index (χ4n) is 1.86. The van der Waals surface area contributed by atoms with Crippen molar-refractivity contribution in [2.75, 3.05) is 19.9 Å². The average molecular weight is 280 g/mol. The number of carbonyl (C=O) groups excluding carboxylic acids is 1. The number of nitrogens with zero attached hydrogens (tertiary/aromatic N) is 1. The van der Waals surface area contributed by atoms with Gasteiger partial charge in [0.2, 0.25) is 6.79 Å². The Labute approximate surface area is 117 Å². The molecule has 2 rings (SSSR count). The number of nitrogens with two attached hydrogens (primary N) is 1. The van der Waals surface area contributed by atoms with Crippen molar-refractivity contribution in [2.45, 2.75) is 13.3 Å². The number of carbonyl (C=O) groups is 1. The summed E-state index contributed by atoms with van der Waals surface area (Å²) in [6, 6.07) is 5.18. The van der Waals surface area contributed by atoms with Crippen molar-refractivity contribution in [1.82, 2.24) is 4.90 Å². The van der Waals surface area contributed by atoms with Gasteiger partial charge in [-0.2, -0.15) is 0 Å². The molecule has 1 aromatic carbocycles. The molecule has 0 spiro atoms. The molecule has 0 bridgehead atoms. The third-order valence-electron chi connectivity index (χ3n) is 2.92. The maximum Gasteiger partial charge on any atom is 0.253 e. The first kappa shape index (κ1) is 13.6. The van der Waals surface area contributed by atoms with Gasteiger partial charge in [-0.05, 0) is 25.1 Å². The van der Waals surface area contributed by atoms with E-state index in [-0.39, 0.29) is 12.7 Å². The lowest BCUT2D eigenvalue weighted by Crippen LogP contribution is -2.33. The Kier molecular flexibility index (Phi) is 4.21. The lowest BCUT2D eigenvalue weighted by molar-refractivity contribution is 0.0768. The SMILES string of the molecule is CCN(CCC(N)=S)C(=O)c1ccc2c(c1)OCO2. The molecular weight excluding hydrogens is 264 g/mol. The summed E-state index contributed by atoms with van der Waals surface area (Å²) >= 11 is 4.83. The first-order chi connectivity index (χ1) is 9.11. The first-order valence-electron chi connectivity index (χ1n) is 6.09. The number of hydrogen-bond acceptors (Lipinski definition) is 4. The Morgan fingerprint density at radius 1 is 1.42 bits per heavy atom. The molecule has 1 heterocycles. The molecule has 102 valence electrons. The van der Waals surface area contributed by atoms with Crippen LogP contribution in [0.25, 0.3) is 0 Å². The van der Waals surface area contributed by atoms with Crippen molar-refractivity contribution in [2.24, 2.45) is 5.73 Å². The molecule has 6 heteroatoms. The normalized spacial score (nSPS) is 12.3. The molecule has 5 nitrogen and oxygen atoms in total. The van der Waals surface area contributed by atoms with Gasteiger partial charge >= 0.3 is 0 Å². The highest BCUT2D eigenvalue weighted by atomic mass is 32.1. The van der Waals surface area contributed by atoms with Crippen molar-refractivity contribution >= 4 is 23.1 Å². The molecule has 1 amide bonds. The molecule has 1 aliphatic heterocycles. The zero-order valence-electron chi connectivity index (χ0n) is 10.7.